The second-order valence-corrected chi connectivity index (χ2v) is 4.39. The first kappa shape index (κ1) is 11.0. The molecule has 20 heavy (non-hydrogen) atoms. The van der Waals surface area contributed by atoms with E-state index in [1.807, 2.05) is 48.5 Å². The molecular weight excluding hydrogens is 252 g/mol. The quantitative estimate of drug-likeness (QED) is 0.544. The Labute approximate surface area is 114 Å². The summed E-state index contributed by atoms with van der Waals surface area (Å²) in [7, 11) is 0. The van der Waals surface area contributed by atoms with Gasteiger partial charge in [0.15, 0.2) is 11.3 Å². The Balaban J connectivity index is 1.78. The molecule has 0 bridgehead atoms. The van der Waals surface area contributed by atoms with E-state index < -0.39 is 0 Å². The van der Waals surface area contributed by atoms with Crippen molar-refractivity contribution in [2.45, 2.75) is 0 Å². The summed E-state index contributed by atoms with van der Waals surface area (Å²) in [5.41, 5.74) is 2.50. The molecule has 0 radical (unpaired) electrons. The lowest BCUT2D eigenvalue weighted by Gasteiger charge is -1.94. The van der Waals surface area contributed by atoms with Crippen molar-refractivity contribution in [2.75, 3.05) is 0 Å². The predicted molar refractivity (Wildman–Crippen MR) is 74.9 cm³/mol. The number of pyridine rings is 1. The molecule has 3 aromatic heterocycles. The van der Waals surface area contributed by atoms with E-state index in [4.69, 9.17) is 8.83 Å². The molecule has 0 aliphatic rings. The van der Waals surface area contributed by atoms with Gasteiger partial charge in [0, 0.05) is 18.0 Å². The third-order valence-electron chi connectivity index (χ3n) is 3.06. The van der Waals surface area contributed by atoms with Gasteiger partial charge in [0.25, 0.3) is 5.89 Å². The molecule has 0 N–H and O–H groups in total. The first-order valence-electron chi connectivity index (χ1n) is 6.26. The lowest BCUT2D eigenvalue weighted by Crippen LogP contribution is -1.75. The van der Waals surface area contributed by atoms with Gasteiger partial charge in [0.2, 0.25) is 0 Å². The highest BCUT2D eigenvalue weighted by molar-refractivity contribution is 5.75. The van der Waals surface area contributed by atoms with Crippen molar-refractivity contribution in [1.82, 2.24) is 9.97 Å². The van der Waals surface area contributed by atoms with Crippen LogP contribution in [-0.4, -0.2) is 9.97 Å². The summed E-state index contributed by atoms with van der Waals surface area (Å²) < 4.78 is 11.5. The van der Waals surface area contributed by atoms with Crippen molar-refractivity contribution in [3.8, 4) is 23.0 Å². The maximum absolute atomic E-state index is 5.79. The minimum Gasteiger partial charge on any atom is -0.451 e. The Kier molecular flexibility index (Phi) is 2.39. The monoisotopic (exact) mass is 262 g/mol. The van der Waals surface area contributed by atoms with Gasteiger partial charge in [-0.05, 0) is 36.4 Å². The molecule has 0 aliphatic carbocycles. The van der Waals surface area contributed by atoms with Crippen molar-refractivity contribution in [3.05, 3.63) is 60.9 Å². The molecule has 96 valence electrons. The Morgan fingerprint density at radius 3 is 2.55 bits per heavy atom. The van der Waals surface area contributed by atoms with E-state index in [9.17, 15) is 0 Å². The second kappa shape index (κ2) is 4.35. The Morgan fingerprint density at radius 1 is 0.800 bits per heavy atom. The van der Waals surface area contributed by atoms with E-state index >= 15 is 0 Å². The average molecular weight is 262 g/mol. The zero-order valence-corrected chi connectivity index (χ0v) is 10.5. The summed E-state index contributed by atoms with van der Waals surface area (Å²) in [6, 6.07) is 15.2. The van der Waals surface area contributed by atoms with E-state index in [0.29, 0.717) is 11.7 Å². The number of furan rings is 1. The Morgan fingerprint density at radius 2 is 1.70 bits per heavy atom. The standard InChI is InChI=1S/C16H10N2O2/c1-2-6-14-12(5-1)18-16(20-14)15-8-7-13(19-15)11-4-3-9-17-10-11/h1-10H. The summed E-state index contributed by atoms with van der Waals surface area (Å²) in [6.07, 6.45) is 3.49. The number of rotatable bonds is 2. The summed E-state index contributed by atoms with van der Waals surface area (Å²) in [5, 5.41) is 0. The van der Waals surface area contributed by atoms with Crippen molar-refractivity contribution in [2.24, 2.45) is 0 Å². The number of oxazole rings is 1. The lowest BCUT2D eigenvalue weighted by molar-refractivity contribution is 0.543. The van der Waals surface area contributed by atoms with Gasteiger partial charge in [-0.15, -0.1) is 0 Å². The van der Waals surface area contributed by atoms with Crippen LogP contribution in [0.3, 0.4) is 0 Å². The maximum Gasteiger partial charge on any atom is 0.263 e. The zero-order chi connectivity index (χ0) is 13.4. The number of benzene rings is 1. The molecule has 4 heteroatoms. The van der Waals surface area contributed by atoms with Crippen LogP contribution in [0.1, 0.15) is 0 Å². The van der Waals surface area contributed by atoms with Crippen LogP contribution in [0, 0.1) is 0 Å². The van der Waals surface area contributed by atoms with Gasteiger partial charge in [-0.2, -0.15) is 0 Å². The van der Waals surface area contributed by atoms with Crippen LogP contribution < -0.4 is 0 Å². The van der Waals surface area contributed by atoms with Crippen LogP contribution in [0.4, 0.5) is 0 Å². The molecule has 0 unspecified atom stereocenters. The number of aromatic nitrogens is 2. The van der Waals surface area contributed by atoms with E-state index in [1.165, 1.54) is 0 Å². The van der Waals surface area contributed by atoms with Gasteiger partial charge in [-0.1, -0.05) is 12.1 Å². The normalized spacial score (nSPS) is 11.0. The van der Waals surface area contributed by atoms with Gasteiger partial charge < -0.3 is 8.83 Å². The zero-order valence-electron chi connectivity index (χ0n) is 10.5. The van der Waals surface area contributed by atoms with Crippen molar-refractivity contribution >= 4 is 11.1 Å². The lowest BCUT2D eigenvalue weighted by atomic mass is 10.2. The minimum absolute atomic E-state index is 0.487. The fourth-order valence-corrected chi connectivity index (χ4v) is 2.09. The number of nitrogens with zero attached hydrogens (tertiary/aromatic N) is 2. The molecule has 4 nitrogen and oxygen atoms in total. The Hall–Kier alpha value is -2.88. The highest BCUT2D eigenvalue weighted by atomic mass is 16.4. The van der Waals surface area contributed by atoms with Gasteiger partial charge in [0.05, 0.1) is 0 Å². The van der Waals surface area contributed by atoms with E-state index in [2.05, 4.69) is 9.97 Å². The first-order chi connectivity index (χ1) is 9.90. The van der Waals surface area contributed by atoms with Gasteiger partial charge >= 0.3 is 0 Å². The van der Waals surface area contributed by atoms with Crippen molar-refractivity contribution in [3.63, 3.8) is 0 Å². The number of fused-ring (bicyclic) bond motifs is 1. The Bertz CT molecular complexity index is 829. The number of hydrogen-bond acceptors (Lipinski definition) is 4. The molecule has 4 aromatic rings. The molecule has 0 spiro atoms. The maximum atomic E-state index is 5.79. The van der Waals surface area contributed by atoms with Crippen molar-refractivity contribution < 1.29 is 8.83 Å². The summed E-state index contributed by atoms with van der Waals surface area (Å²) >= 11 is 0. The summed E-state index contributed by atoms with van der Waals surface area (Å²) in [6.45, 7) is 0. The smallest absolute Gasteiger partial charge is 0.263 e. The van der Waals surface area contributed by atoms with Crippen molar-refractivity contribution in [1.29, 1.82) is 0 Å². The van der Waals surface area contributed by atoms with Crippen LogP contribution in [-0.2, 0) is 0 Å². The van der Waals surface area contributed by atoms with Gasteiger partial charge in [0.1, 0.15) is 11.3 Å². The molecule has 1 aromatic carbocycles. The van der Waals surface area contributed by atoms with Gasteiger partial charge in [-0.25, -0.2) is 4.98 Å². The van der Waals surface area contributed by atoms with E-state index in [1.54, 1.807) is 12.4 Å². The fourth-order valence-electron chi connectivity index (χ4n) is 2.09. The molecule has 0 atom stereocenters. The van der Waals surface area contributed by atoms with Crippen LogP contribution >= 0.6 is 0 Å². The molecule has 3 heterocycles. The first-order valence-corrected chi connectivity index (χ1v) is 6.26. The molecule has 0 aliphatic heterocycles. The number of para-hydroxylation sites is 2. The molecule has 0 saturated heterocycles. The number of hydrogen-bond donors (Lipinski definition) is 0. The molecule has 0 fully saturated rings. The van der Waals surface area contributed by atoms with Crippen LogP contribution in [0.5, 0.6) is 0 Å². The molecular formula is C16H10N2O2. The average Bonchev–Trinajstić information content (AvgIpc) is 3.14. The predicted octanol–water partition coefficient (Wildman–Crippen LogP) is 4.15. The third-order valence-corrected chi connectivity index (χ3v) is 3.06. The van der Waals surface area contributed by atoms with Gasteiger partial charge in [-0.3, -0.25) is 4.98 Å². The largest absolute Gasteiger partial charge is 0.451 e. The molecule has 0 amide bonds. The third kappa shape index (κ3) is 1.78. The van der Waals surface area contributed by atoms with Crippen LogP contribution in [0.15, 0.2) is 69.8 Å². The van der Waals surface area contributed by atoms with Crippen LogP contribution in [0.2, 0.25) is 0 Å². The minimum atomic E-state index is 0.487. The molecule has 0 saturated carbocycles. The second-order valence-electron chi connectivity index (χ2n) is 4.39. The SMILES string of the molecule is c1cncc(-c2ccc(-c3nc4ccccc4o3)o2)c1. The van der Waals surface area contributed by atoms with Crippen LogP contribution in [0.25, 0.3) is 34.1 Å². The summed E-state index contributed by atoms with van der Waals surface area (Å²) in [4.78, 5) is 8.49. The summed E-state index contributed by atoms with van der Waals surface area (Å²) in [5.74, 6) is 1.84. The topological polar surface area (TPSA) is 52.1 Å². The van der Waals surface area contributed by atoms with E-state index in [0.717, 1.165) is 22.4 Å². The highest BCUT2D eigenvalue weighted by Gasteiger charge is 2.12. The fraction of sp³-hybridized carbons (Fsp3) is 0. The molecule has 4 rings (SSSR count). The van der Waals surface area contributed by atoms with E-state index in [-0.39, 0.29) is 0 Å². The highest BCUT2D eigenvalue weighted by Crippen LogP contribution is 2.29.